The standard InChI is InChI=1S/C67H45NO/c1-4-23-46(24-5-1)50-29-10-11-30-51(50)52-31-12-13-32-53(52)55-34-15-19-40-63(55)68(64-41-20-16-35-56(64)58-37-22-38-59-57-36-17-21-42-65(57)69-66(58)59)49-43-44-62-60(45-49)54-33-14-18-39-61(54)67(62,47-25-6-2-7-26-47)48-27-8-3-9-28-48/h1-45H. The maximum atomic E-state index is 6.78. The highest BCUT2D eigenvalue weighted by Crippen LogP contribution is 2.58. The molecular formula is C67H45NO. The fraction of sp³-hybridized carbons (Fsp3) is 0.0149. The Hall–Kier alpha value is -8.98. The first-order chi connectivity index (χ1) is 34.3. The summed E-state index contributed by atoms with van der Waals surface area (Å²) in [5, 5.41) is 2.21. The third-order valence-electron chi connectivity index (χ3n) is 14.2. The van der Waals surface area contributed by atoms with Gasteiger partial charge in [0.25, 0.3) is 0 Å². The van der Waals surface area contributed by atoms with Gasteiger partial charge in [-0.2, -0.15) is 0 Å². The van der Waals surface area contributed by atoms with Gasteiger partial charge in [0.05, 0.1) is 16.8 Å². The van der Waals surface area contributed by atoms with Crippen LogP contribution in [-0.2, 0) is 5.41 Å². The molecule has 0 saturated carbocycles. The van der Waals surface area contributed by atoms with Crippen LogP contribution in [0.2, 0.25) is 0 Å². The van der Waals surface area contributed by atoms with E-state index < -0.39 is 5.41 Å². The summed E-state index contributed by atoms with van der Waals surface area (Å²) in [5.41, 5.74) is 21.0. The highest BCUT2D eigenvalue weighted by molar-refractivity contribution is 6.11. The Morgan fingerprint density at radius 2 is 0.739 bits per heavy atom. The van der Waals surface area contributed by atoms with Crippen LogP contribution in [0.15, 0.2) is 277 Å². The van der Waals surface area contributed by atoms with Crippen molar-refractivity contribution < 1.29 is 4.42 Å². The SMILES string of the molecule is c1ccc(-c2ccccc2-c2ccccc2-c2ccccc2N(c2ccc3c(c2)-c2ccccc2C3(c2ccccc2)c2ccccc2)c2ccccc2-c2cccc3c2oc2ccccc23)cc1. The smallest absolute Gasteiger partial charge is 0.143 e. The molecule has 2 heteroatoms. The topological polar surface area (TPSA) is 16.4 Å². The zero-order valence-electron chi connectivity index (χ0n) is 37.8. The highest BCUT2D eigenvalue weighted by Gasteiger charge is 2.46. The minimum Gasteiger partial charge on any atom is -0.455 e. The second kappa shape index (κ2) is 16.7. The Bertz CT molecular complexity index is 3810. The third kappa shape index (κ3) is 6.48. The lowest BCUT2D eigenvalue weighted by Crippen LogP contribution is -2.28. The Balaban J connectivity index is 1.08. The largest absolute Gasteiger partial charge is 0.455 e. The summed E-state index contributed by atoms with van der Waals surface area (Å²) in [4.78, 5) is 2.49. The Kier molecular flexibility index (Phi) is 9.77. The molecule has 0 atom stereocenters. The number of rotatable bonds is 9. The predicted octanol–water partition coefficient (Wildman–Crippen LogP) is 18.1. The molecule has 0 unspecified atom stereocenters. The minimum absolute atomic E-state index is 0.518. The maximum Gasteiger partial charge on any atom is 0.143 e. The molecule has 0 fully saturated rings. The van der Waals surface area contributed by atoms with Gasteiger partial charge in [0.15, 0.2) is 0 Å². The zero-order chi connectivity index (χ0) is 45.7. The number of hydrogen-bond acceptors (Lipinski definition) is 2. The average molecular weight is 880 g/mol. The van der Waals surface area contributed by atoms with Gasteiger partial charge in [-0.15, -0.1) is 0 Å². The number of para-hydroxylation sites is 4. The maximum absolute atomic E-state index is 6.78. The van der Waals surface area contributed by atoms with Gasteiger partial charge < -0.3 is 9.32 Å². The minimum atomic E-state index is -0.518. The van der Waals surface area contributed by atoms with Crippen molar-refractivity contribution in [2.75, 3.05) is 4.90 Å². The Morgan fingerprint density at radius 3 is 1.41 bits per heavy atom. The molecule has 13 rings (SSSR count). The number of hydrogen-bond donors (Lipinski definition) is 0. The van der Waals surface area contributed by atoms with E-state index in [1.54, 1.807) is 0 Å². The van der Waals surface area contributed by atoms with E-state index >= 15 is 0 Å². The van der Waals surface area contributed by atoms with Crippen molar-refractivity contribution in [3.05, 3.63) is 295 Å². The van der Waals surface area contributed by atoms with Gasteiger partial charge in [-0.1, -0.05) is 243 Å². The molecule has 1 aliphatic rings. The van der Waals surface area contributed by atoms with Crippen molar-refractivity contribution in [1.29, 1.82) is 0 Å². The van der Waals surface area contributed by atoms with Crippen molar-refractivity contribution in [3.63, 3.8) is 0 Å². The van der Waals surface area contributed by atoms with Gasteiger partial charge in [0, 0.05) is 33.2 Å². The average Bonchev–Trinajstić information content (AvgIpc) is 3.96. The molecule has 324 valence electrons. The van der Waals surface area contributed by atoms with Gasteiger partial charge in [0.1, 0.15) is 11.2 Å². The molecule has 2 nitrogen and oxygen atoms in total. The number of nitrogens with zero attached hydrogens (tertiary/aromatic N) is 1. The normalized spacial score (nSPS) is 12.5. The summed E-state index contributed by atoms with van der Waals surface area (Å²) < 4.78 is 6.78. The molecule has 1 heterocycles. The van der Waals surface area contributed by atoms with Crippen LogP contribution in [0, 0.1) is 0 Å². The van der Waals surface area contributed by atoms with Crippen molar-refractivity contribution in [1.82, 2.24) is 0 Å². The van der Waals surface area contributed by atoms with Crippen LogP contribution >= 0.6 is 0 Å². The highest BCUT2D eigenvalue weighted by atomic mass is 16.3. The van der Waals surface area contributed by atoms with Gasteiger partial charge in [-0.3, -0.25) is 0 Å². The summed E-state index contributed by atoms with van der Waals surface area (Å²) >= 11 is 0. The van der Waals surface area contributed by atoms with Crippen LogP contribution in [0.4, 0.5) is 17.1 Å². The second-order valence-corrected chi connectivity index (χ2v) is 17.9. The van der Waals surface area contributed by atoms with Crippen LogP contribution in [0.1, 0.15) is 22.3 Å². The Morgan fingerprint density at radius 1 is 0.290 bits per heavy atom. The molecule has 0 saturated heterocycles. The van der Waals surface area contributed by atoms with Gasteiger partial charge >= 0.3 is 0 Å². The molecule has 0 radical (unpaired) electrons. The van der Waals surface area contributed by atoms with E-state index in [2.05, 4.69) is 272 Å². The van der Waals surface area contributed by atoms with Crippen LogP contribution in [-0.4, -0.2) is 0 Å². The summed E-state index contributed by atoms with van der Waals surface area (Å²) in [6.45, 7) is 0. The summed E-state index contributed by atoms with van der Waals surface area (Å²) in [5.74, 6) is 0. The van der Waals surface area contributed by atoms with Crippen molar-refractivity contribution in [3.8, 4) is 55.6 Å². The monoisotopic (exact) mass is 879 g/mol. The van der Waals surface area contributed by atoms with Crippen LogP contribution < -0.4 is 4.90 Å². The third-order valence-corrected chi connectivity index (χ3v) is 14.2. The van der Waals surface area contributed by atoms with Crippen molar-refractivity contribution >= 4 is 39.0 Å². The molecule has 0 bridgehead atoms. The number of furan rings is 1. The molecule has 12 aromatic rings. The van der Waals surface area contributed by atoms with E-state index in [-0.39, 0.29) is 0 Å². The first-order valence-corrected chi connectivity index (χ1v) is 23.8. The molecular weight excluding hydrogens is 835 g/mol. The van der Waals surface area contributed by atoms with Crippen LogP contribution in [0.25, 0.3) is 77.6 Å². The number of anilines is 3. The van der Waals surface area contributed by atoms with E-state index in [9.17, 15) is 0 Å². The lowest BCUT2D eigenvalue weighted by atomic mass is 9.68. The Labute approximate surface area is 402 Å². The predicted molar refractivity (Wildman–Crippen MR) is 287 cm³/mol. The molecule has 1 aliphatic carbocycles. The van der Waals surface area contributed by atoms with Gasteiger partial charge in [-0.05, 0) is 91.5 Å². The molecule has 0 amide bonds. The lowest BCUT2D eigenvalue weighted by Gasteiger charge is -2.34. The van der Waals surface area contributed by atoms with Crippen molar-refractivity contribution in [2.45, 2.75) is 5.41 Å². The summed E-state index contributed by atoms with van der Waals surface area (Å²) in [6.07, 6.45) is 0. The number of benzene rings is 11. The van der Waals surface area contributed by atoms with E-state index in [4.69, 9.17) is 4.42 Å². The fourth-order valence-corrected chi connectivity index (χ4v) is 11.3. The quantitative estimate of drug-likeness (QED) is 0.144. The first kappa shape index (κ1) is 40.3. The molecule has 0 N–H and O–H groups in total. The first-order valence-electron chi connectivity index (χ1n) is 23.8. The number of fused-ring (bicyclic) bond motifs is 6. The van der Waals surface area contributed by atoms with E-state index in [1.165, 1.54) is 55.6 Å². The van der Waals surface area contributed by atoms with Crippen LogP contribution in [0.3, 0.4) is 0 Å². The van der Waals surface area contributed by atoms with Crippen LogP contribution in [0.5, 0.6) is 0 Å². The van der Waals surface area contributed by atoms with Gasteiger partial charge in [0.2, 0.25) is 0 Å². The summed E-state index contributed by atoms with van der Waals surface area (Å²) in [6, 6.07) is 99.3. The lowest BCUT2D eigenvalue weighted by molar-refractivity contribution is 0.670. The van der Waals surface area contributed by atoms with E-state index in [1.807, 2.05) is 6.07 Å². The zero-order valence-corrected chi connectivity index (χ0v) is 37.8. The van der Waals surface area contributed by atoms with Crippen molar-refractivity contribution in [2.24, 2.45) is 0 Å². The molecule has 1 aromatic heterocycles. The summed E-state index contributed by atoms with van der Waals surface area (Å²) in [7, 11) is 0. The molecule has 11 aromatic carbocycles. The van der Waals surface area contributed by atoms with Gasteiger partial charge in [-0.25, -0.2) is 0 Å². The molecule has 0 aliphatic heterocycles. The molecule has 0 spiro atoms. The fourth-order valence-electron chi connectivity index (χ4n) is 11.3. The second-order valence-electron chi connectivity index (χ2n) is 17.9. The van der Waals surface area contributed by atoms with E-state index in [0.717, 1.165) is 61.3 Å². The molecule has 69 heavy (non-hydrogen) atoms. The van der Waals surface area contributed by atoms with E-state index in [0.29, 0.717) is 0 Å².